The third-order valence-electron chi connectivity index (χ3n) is 1.70. The summed E-state index contributed by atoms with van der Waals surface area (Å²) < 4.78 is 0. The molecule has 0 aromatic carbocycles. The number of allylic oxidation sites excluding steroid dienone is 1. The van der Waals surface area contributed by atoms with E-state index >= 15 is 0 Å². The topological polar surface area (TPSA) is 20.2 Å². The van der Waals surface area contributed by atoms with Crippen LogP contribution >= 0.6 is 0 Å². The van der Waals surface area contributed by atoms with Crippen LogP contribution < -0.4 is 0 Å². The van der Waals surface area contributed by atoms with Crippen molar-refractivity contribution in [3.63, 3.8) is 0 Å². The summed E-state index contributed by atoms with van der Waals surface area (Å²) in [5, 5.41) is 9.54. The quantitative estimate of drug-likeness (QED) is 0.577. The van der Waals surface area contributed by atoms with Crippen molar-refractivity contribution in [2.45, 2.75) is 39.2 Å². The van der Waals surface area contributed by atoms with Crippen LogP contribution in [0.5, 0.6) is 0 Å². The van der Waals surface area contributed by atoms with E-state index in [9.17, 15) is 5.11 Å². The maximum absolute atomic E-state index is 9.54. The van der Waals surface area contributed by atoms with Crippen LogP contribution in [0.1, 0.15) is 33.6 Å². The Labute approximate surface area is 57.4 Å². The fourth-order valence-corrected chi connectivity index (χ4v) is 0.796. The molecule has 54 valence electrons. The monoisotopic (exact) mass is 128 g/mol. The standard InChI is InChI=1S/C8H16O/c1-4-7-8(9,5-2)6-3/h4,7,9H,5-6H2,1-3H3/b7-4+. The Kier molecular flexibility index (Phi) is 3.55. The van der Waals surface area contributed by atoms with Gasteiger partial charge < -0.3 is 5.11 Å². The Morgan fingerprint density at radius 1 is 1.33 bits per heavy atom. The molecular weight excluding hydrogens is 112 g/mol. The van der Waals surface area contributed by atoms with Crippen LogP contribution in [-0.4, -0.2) is 10.7 Å². The second-order valence-corrected chi connectivity index (χ2v) is 2.31. The second-order valence-electron chi connectivity index (χ2n) is 2.31. The van der Waals surface area contributed by atoms with Gasteiger partial charge in [-0.25, -0.2) is 0 Å². The highest BCUT2D eigenvalue weighted by molar-refractivity contribution is 4.97. The molecule has 1 heteroatoms. The maximum Gasteiger partial charge on any atom is 0.0822 e. The van der Waals surface area contributed by atoms with Gasteiger partial charge in [-0.15, -0.1) is 0 Å². The van der Waals surface area contributed by atoms with Crippen molar-refractivity contribution < 1.29 is 5.11 Å². The fraction of sp³-hybridized carbons (Fsp3) is 0.750. The van der Waals surface area contributed by atoms with E-state index in [2.05, 4.69) is 0 Å². The van der Waals surface area contributed by atoms with Crippen LogP contribution in [0.3, 0.4) is 0 Å². The van der Waals surface area contributed by atoms with Crippen LogP contribution in [-0.2, 0) is 0 Å². The zero-order valence-corrected chi connectivity index (χ0v) is 6.52. The fourth-order valence-electron chi connectivity index (χ4n) is 0.796. The van der Waals surface area contributed by atoms with Crippen LogP contribution in [0.15, 0.2) is 12.2 Å². The summed E-state index contributed by atoms with van der Waals surface area (Å²) in [7, 11) is 0. The van der Waals surface area contributed by atoms with Gasteiger partial charge in [-0.2, -0.15) is 0 Å². The van der Waals surface area contributed by atoms with E-state index in [1.54, 1.807) is 0 Å². The summed E-state index contributed by atoms with van der Waals surface area (Å²) in [6.07, 6.45) is 5.35. The molecule has 0 bridgehead atoms. The molecule has 9 heavy (non-hydrogen) atoms. The zero-order chi connectivity index (χ0) is 7.33. The van der Waals surface area contributed by atoms with Crippen molar-refractivity contribution >= 4 is 0 Å². The maximum atomic E-state index is 9.54. The summed E-state index contributed by atoms with van der Waals surface area (Å²) in [5.41, 5.74) is -0.547. The molecule has 0 heterocycles. The highest BCUT2D eigenvalue weighted by Crippen LogP contribution is 2.15. The Bertz CT molecular complexity index is 90.7. The van der Waals surface area contributed by atoms with Crippen molar-refractivity contribution in [3.8, 4) is 0 Å². The minimum Gasteiger partial charge on any atom is -0.386 e. The van der Waals surface area contributed by atoms with Gasteiger partial charge >= 0.3 is 0 Å². The first-order valence-corrected chi connectivity index (χ1v) is 3.54. The molecule has 0 aromatic heterocycles. The third kappa shape index (κ3) is 2.66. The zero-order valence-electron chi connectivity index (χ0n) is 6.52. The summed E-state index contributed by atoms with van der Waals surface area (Å²) in [5.74, 6) is 0. The van der Waals surface area contributed by atoms with Crippen molar-refractivity contribution in [1.29, 1.82) is 0 Å². The molecule has 0 fully saturated rings. The number of aliphatic hydroxyl groups is 1. The first kappa shape index (κ1) is 8.70. The summed E-state index contributed by atoms with van der Waals surface area (Å²) in [4.78, 5) is 0. The lowest BCUT2D eigenvalue weighted by atomic mass is 9.97. The lowest BCUT2D eigenvalue weighted by Gasteiger charge is -2.19. The minimum atomic E-state index is -0.547. The molecule has 0 atom stereocenters. The predicted octanol–water partition coefficient (Wildman–Crippen LogP) is 2.11. The molecular formula is C8H16O. The molecule has 0 aliphatic heterocycles. The van der Waals surface area contributed by atoms with E-state index in [4.69, 9.17) is 0 Å². The van der Waals surface area contributed by atoms with Crippen LogP contribution in [0.25, 0.3) is 0 Å². The SMILES string of the molecule is C/C=C/C(O)(CC)CC. The molecule has 0 aliphatic carbocycles. The van der Waals surface area contributed by atoms with Gasteiger partial charge in [0.25, 0.3) is 0 Å². The molecule has 1 N–H and O–H groups in total. The van der Waals surface area contributed by atoms with E-state index < -0.39 is 5.60 Å². The van der Waals surface area contributed by atoms with Crippen LogP contribution in [0.4, 0.5) is 0 Å². The average molecular weight is 128 g/mol. The number of hydrogen-bond acceptors (Lipinski definition) is 1. The van der Waals surface area contributed by atoms with Gasteiger partial charge in [-0.1, -0.05) is 26.0 Å². The van der Waals surface area contributed by atoms with E-state index in [-0.39, 0.29) is 0 Å². The first-order chi connectivity index (χ1) is 4.18. The van der Waals surface area contributed by atoms with Crippen molar-refractivity contribution in [3.05, 3.63) is 12.2 Å². The van der Waals surface area contributed by atoms with Gasteiger partial charge in [-0.05, 0) is 19.8 Å². The van der Waals surface area contributed by atoms with E-state index in [0.29, 0.717) is 0 Å². The van der Waals surface area contributed by atoms with Gasteiger partial charge in [0.1, 0.15) is 0 Å². The number of hydrogen-bond donors (Lipinski definition) is 1. The molecule has 0 rings (SSSR count). The van der Waals surface area contributed by atoms with Gasteiger partial charge in [0.2, 0.25) is 0 Å². The number of rotatable bonds is 3. The molecule has 0 unspecified atom stereocenters. The van der Waals surface area contributed by atoms with Crippen molar-refractivity contribution in [2.24, 2.45) is 0 Å². The first-order valence-electron chi connectivity index (χ1n) is 3.54. The van der Waals surface area contributed by atoms with E-state index in [1.807, 2.05) is 32.9 Å². The van der Waals surface area contributed by atoms with Crippen molar-refractivity contribution in [1.82, 2.24) is 0 Å². The van der Waals surface area contributed by atoms with Gasteiger partial charge in [-0.3, -0.25) is 0 Å². The molecule has 1 nitrogen and oxygen atoms in total. The molecule has 0 saturated heterocycles. The summed E-state index contributed by atoms with van der Waals surface area (Å²) in [6.45, 7) is 5.91. The lowest BCUT2D eigenvalue weighted by molar-refractivity contribution is 0.0827. The Morgan fingerprint density at radius 2 is 1.78 bits per heavy atom. The normalized spacial score (nSPS) is 12.9. The highest BCUT2D eigenvalue weighted by Gasteiger charge is 2.16. The van der Waals surface area contributed by atoms with Gasteiger partial charge in [0, 0.05) is 0 Å². The van der Waals surface area contributed by atoms with E-state index in [1.165, 1.54) is 0 Å². The van der Waals surface area contributed by atoms with Crippen LogP contribution in [0.2, 0.25) is 0 Å². The smallest absolute Gasteiger partial charge is 0.0822 e. The molecule has 0 aromatic rings. The molecule has 0 amide bonds. The van der Waals surface area contributed by atoms with E-state index in [0.717, 1.165) is 12.8 Å². The molecule has 0 saturated carbocycles. The highest BCUT2D eigenvalue weighted by atomic mass is 16.3. The third-order valence-corrected chi connectivity index (χ3v) is 1.70. The minimum absolute atomic E-state index is 0.547. The Morgan fingerprint density at radius 3 is 1.89 bits per heavy atom. The van der Waals surface area contributed by atoms with Gasteiger partial charge in [0.15, 0.2) is 0 Å². The van der Waals surface area contributed by atoms with Gasteiger partial charge in [0.05, 0.1) is 5.60 Å². The largest absolute Gasteiger partial charge is 0.386 e. The predicted molar refractivity (Wildman–Crippen MR) is 40.3 cm³/mol. The molecule has 0 aliphatic rings. The second kappa shape index (κ2) is 3.67. The molecule has 0 radical (unpaired) electrons. The summed E-state index contributed by atoms with van der Waals surface area (Å²) in [6, 6.07) is 0. The average Bonchev–Trinajstić information content (AvgIpc) is 1.89. The Balaban J connectivity index is 3.92. The summed E-state index contributed by atoms with van der Waals surface area (Å²) >= 11 is 0. The molecule has 0 spiro atoms. The van der Waals surface area contributed by atoms with Crippen molar-refractivity contribution in [2.75, 3.05) is 0 Å². The Hall–Kier alpha value is -0.300. The lowest BCUT2D eigenvalue weighted by Crippen LogP contribution is -2.22. The van der Waals surface area contributed by atoms with Crippen LogP contribution in [0, 0.1) is 0 Å².